The number of carboxylic acids is 1. The molecule has 92 valence electrons. The van der Waals surface area contributed by atoms with Crippen LogP contribution in [0.25, 0.3) is 0 Å². The molecule has 1 atom stereocenters. The molecule has 1 aromatic rings. The summed E-state index contributed by atoms with van der Waals surface area (Å²) in [5.74, 6) is 0.140. The Hall–Kier alpha value is -0.380. The summed E-state index contributed by atoms with van der Waals surface area (Å²) < 4.78 is -0.728. The maximum absolute atomic E-state index is 11.4. The molecule has 1 unspecified atom stereocenters. The van der Waals surface area contributed by atoms with E-state index >= 15 is 0 Å². The highest BCUT2D eigenvalue weighted by Gasteiger charge is 2.42. The summed E-state index contributed by atoms with van der Waals surface area (Å²) in [6, 6.07) is 5.18. The van der Waals surface area contributed by atoms with E-state index in [9.17, 15) is 9.90 Å². The maximum Gasteiger partial charge on any atom is 0.320 e. The fraction of sp³-hybridized carbons (Fsp3) is 0.417. The second-order valence-corrected chi connectivity index (χ2v) is 6.49. The minimum Gasteiger partial charge on any atom is -0.480 e. The molecule has 0 radical (unpaired) electrons. The van der Waals surface area contributed by atoms with Gasteiger partial charge in [-0.2, -0.15) is 0 Å². The molecule has 5 heteroatoms. The van der Waals surface area contributed by atoms with Crippen LogP contribution < -0.4 is 0 Å². The Morgan fingerprint density at radius 3 is 2.82 bits per heavy atom. The van der Waals surface area contributed by atoms with Crippen molar-refractivity contribution >= 4 is 40.9 Å². The minimum atomic E-state index is -0.754. The summed E-state index contributed by atoms with van der Waals surface area (Å²) >= 11 is 13.5. The van der Waals surface area contributed by atoms with E-state index < -0.39 is 10.7 Å². The van der Waals surface area contributed by atoms with E-state index in [1.807, 2.05) is 0 Å². The van der Waals surface area contributed by atoms with Crippen LogP contribution in [0.5, 0.6) is 0 Å². The molecule has 1 fully saturated rings. The maximum atomic E-state index is 11.4. The lowest BCUT2D eigenvalue weighted by Crippen LogP contribution is -2.34. The van der Waals surface area contributed by atoms with Gasteiger partial charge in [-0.1, -0.05) is 23.2 Å². The summed E-state index contributed by atoms with van der Waals surface area (Å²) in [6.07, 6.45) is 2.07. The molecular formula is C12H12Cl2O2S. The topological polar surface area (TPSA) is 37.3 Å². The third-order valence-electron chi connectivity index (χ3n) is 2.98. The number of carbonyl (C=O) groups is 1. The molecule has 2 nitrogen and oxygen atoms in total. The van der Waals surface area contributed by atoms with Crippen LogP contribution in [-0.4, -0.2) is 21.6 Å². The highest BCUT2D eigenvalue weighted by molar-refractivity contribution is 8.01. The molecule has 1 heterocycles. The van der Waals surface area contributed by atoms with Gasteiger partial charge in [-0.25, -0.2) is 0 Å². The Kier molecular flexibility index (Phi) is 3.91. The van der Waals surface area contributed by atoms with Crippen LogP contribution in [0.4, 0.5) is 0 Å². The largest absolute Gasteiger partial charge is 0.480 e. The first-order chi connectivity index (χ1) is 8.03. The number of thioether (sulfide) groups is 1. The number of aliphatic carboxylic acids is 1. The van der Waals surface area contributed by atoms with Crippen molar-refractivity contribution in [3.63, 3.8) is 0 Å². The van der Waals surface area contributed by atoms with Gasteiger partial charge in [0.2, 0.25) is 0 Å². The van der Waals surface area contributed by atoms with Gasteiger partial charge < -0.3 is 5.11 Å². The Labute approximate surface area is 114 Å². The van der Waals surface area contributed by atoms with E-state index in [1.54, 1.807) is 18.2 Å². The predicted octanol–water partition coefficient (Wildman–Crippen LogP) is 3.89. The van der Waals surface area contributed by atoms with Crippen LogP contribution in [0.2, 0.25) is 10.0 Å². The lowest BCUT2D eigenvalue weighted by molar-refractivity contribution is -0.139. The smallest absolute Gasteiger partial charge is 0.320 e. The van der Waals surface area contributed by atoms with Gasteiger partial charge in [0.25, 0.3) is 0 Å². The quantitative estimate of drug-likeness (QED) is 0.918. The van der Waals surface area contributed by atoms with E-state index in [0.29, 0.717) is 22.9 Å². The zero-order chi connectivity index (χ0) is 12.5. The molecule has 0 spiro atoms. The molecule has 17 heavy (non-hydrogen) atoms. The second kappa shape index (κ2) is 5.09. The summed E-state index contributed by atoms with van der Waals surface area (Å²) in [7, 11) is 0. The van der Waals surface area contributed by atoms with E-state index in [4.69, 9.17) is 23.2 Å². The van der Waals surface area contributed by atoms with Gasteiger partial charge >= 0.3 is 5.97 Å². The van der Waals surface area contributed by atoms with Crippen molar-refractivity contribution in [1.82, 2.24) is 0 Å². The van der Waals surface area contributed by atoms with Gasteiger partial charge in [0.05, 0.1) is 0 Å². The molecule has 0 saturated carbocycles. The van der Waals surface area contributed by atoms with Crippen LogP contribution in [-0.2, 0) is 11.2 Å². The Balaban J connectivity index is 2.29. The lowest BCUT2D eigenvalue weighted by Gasteiger charge is -2.23. The van der Waals surface area contributed by atoms with Crippen LogP contribution in [0.3, 0.4) is 0 Å². The van der Waals surface area contributed by atoms with Crippen LogP contribution in [0.15, 0.2) is 18.2 Å². The van der Waals surface area contributed by atoms with Crippen molar-refractivity contribution < 1.29 is 9.90 Å². The average molecular weight is 291 g/mol. The van der Waals surface area contributed by atoms with Crippen LogP contribution >= 0.6 is 35.0 Å². The monoisotopic (exact) mass is 290 g/mol. The standard InChI is InChI=1S/C12H12Cl2O2S/c13-9-2-3-10(14)8(6-9)7-12(11(15)16)4-1-5-17-12/h2-3,6H,1,4-5,7H2,(H,15,16). The van der Waals surface area contributed by atoms with Gasteiger partial charge in [-0.3, -0.25) is 4.79 Å². The summed E-state index contributed by atoms with van der Waals surface area (Å²) in [4.78, 5) is 11.4. The number of hydrogen-bond donors (Lipinski definition) is 1. The number of hydrogen-bond acceptors (Lipinski definition) is 2. The molecule has 1 N–H and O–H groups in total. The highest BCUT2D eigenvalue weighted by Crippen LogP contribution is 2.42. The fourth-order valence-electron chi connectivity index (χ4n) is 2.07. The minimum absolute atomic E-state index is 0.437. The normalized spacial score (nSPS) is 23.9. The van der Waals surface area contributed by atoms with E-state index in [0.717, 1.165) is 17.7 Å². The molecule has 2 rings (SSSR count). The first-order valence-electron chi connectivity index (χ1n) is 5.35. The average Bonchev–Trinajstić information content (AvgIpc) is 2.73. The van der Waals surface area contributed by atoms with Gasteiger partial charge in [-0.15, -0.1) is 11.8 Å². The highest BCUT2D eigenvalue weighted by atomic mass is 35.5. The summed E-state index contributed by atoms with van der Waals surface area (Å²) in [5.41, 5.74) is 0.816. The Morgan fingerprint density at radius 1 is 1.47 bits per heavy atom. The molecule has 1 aliphatic heterocycles. The number of carboxylic acid groups (broad SMARTS) is 1. The van der Waals surface area contributed by atoms with Gasteiger partial charge in [0.15, 0.2) is 0 Å². The van der Waals surface area contributed by atoms with Gasteiger partial charge in [-0.05, 0) is 48.8 Å². The second-order valence-electron chi connectivity index (χ2n) is 4.16. The molecule has 1 aliphatic rings. The Morgan fingerprint density at radius 2 is 2.24 bits per heavy atom. The molecule has 0 amide bonds. The van der Waals surface area contributed by atoms with Crippen molar-refractivity contribution in [1.29, 1.82) is 0 Å². The molecule has 0 aliphatic carbocycles. The fourth-order valence-corrected chi connectivity index (χ4v) is 3.80. The zero-order valence-electron chi connectivity index (χ0n) is 9.08. The van der Waals surface area contributed by atoms with Crippen LogP contribution in [0, 0.1) is 0 Å². The Bertz CT molecular complexity index is 442. The van der Waals surface area contributed by atoms with Crippen LogP contribution in [0.1, 0.15) is 18.4 Å². The molecule has 1 aromatic carbocycles. The van der Waals surface area contributed by atoms with E-state index in [2.05, 4.69) is 0 Å². The zero-order valence-corrected chi connectivity index (χ0v) is 11.4. The van der Waals surface area contributed by atoms with Crippen molar-refractivity contribution in [3.8, 4) is 0 Å². The van der Waals surface area contributed by atoms with Crippen molar-refractivity contribution in [2.24, 2.45) is 0 Å². The predicted molar refractivity (Wildman–Crippen MR) is 72.2 cm³/mol. The first kappa shape index (κ1) is 13.1. The summed E-state index contributed by atoms with van der Waals surface area (Å²) in [6.45, 7) is 0. The molecule has 1 saturated heterocycles. The summed E-state index contributed by atoms with van der Waals surface area (Å²) in [5, 5.41) is 10.6. The van der Waals surface area contributed by atoms with Crippen molar-refractivity contribution in [2.75, 3.05) is 5.75 Å². The number of rotatable bonds is 3. The van der Waals surface area contributed by atoms with Crippen molar-refractivity contribution in [2.45, 2.75) is 24.0 Å². The van der Waals surface area contributed by atoms with Crippen molar-refractivity contribution in [3.05, 3.63) is 33.8 Å². The SMILES string of the molecule is O=C(O)C1(Cc2cc(Cl)ccc2Cl)CCCS1. The lowest BCUT2D eigenvalue weighted by atomic mass is 9.94. The molecule has 0 aromatic heterocycles. The van der Waals surface area contributed by atoms with E-state index in [-0.39, 0.29) is 0 Å². The number of halogens is 2. The van der Waals surface area contributed by atoms with Gasteiger partial charge in [0.1, 0.15) is 4.75 Å². The van der Waals surface area contributed by atoms with E-state index in [1.165, 1.54) is 11.8 Å². The molecular weight excluding hydrogens is 279 g/mol. The molecule has 0 bridgehead atoms. The number of benzene rings is 1. The van der Waals surface area contributed by atoms with Gasteiger partial charge in [0, 0.05) is 10.0 Å². The first-order valence-corrected chi connectivity index (χ1v) is 7.09. The third kappa shape index (κ3) is 2.72. The third-order valence-corrected chi connectivity index (χ3v) is 5.15.